The van der Waals surface area contributed by atoms with Crippen LogP contribution < -0.4 is 16.4 Å². The maximum atomic E-state index is 12.2. The molecule has 0 unspecified atom stereocenters. The van der Waals surface area contributed by atoms with Gasteiger partial charge in [0.25, 0.3) is 5.91 Å². The van der Waals surface area contributed by atoms with Crippen LogP contribution in [0, 0.1) is 6.92 Å². The Morgan fingerprint density at radius 2 is 1.88 bits per heavy atom. The van der Waals surface area contributed by atoms with Crippen LogP contribution in [0.25, 0.3) is 0 Å². The normalized spacial score (nSPS) is 10.2. The van der Waals surface area contributed by atoms with Crippen molar-refractivity contribution in [2.24, 2.45) is 0 Å². The smallest absolute Gasteiger partial charge is 0.251 e. The number of aryl methyl sites for hydroxylation is 2. The quantitative estimate of drug-likeness (QED) is 0.714. The highest BCUT2D eigenvalue weighted by atomic mass is 16.2. The summed E-state index contributed by atoms with van der Waals surface area (Å²) in [4.78, 5) is 24.1. The minimum atomic E-state index is -0.148. The maximum Gasteiger partial charge on any atom is 0.251 e. The van der Waals surface area contributed by atoms with Gasteiger partial charge in [-0.25, -0.2) is 0 Å². The lowest BCUT2D eigenvalue weighted by atomic mass is 10.1. The van der Waals surface area contributed by atoms with Crippen LogP contribution in [0.1, 0.15) is 34.8 Å². The molecule has 0 radical (unpaired) electrons. The first-order valence-corrected chi connectivity index (χ1v) is 8.03. The van der Waals surface area contributed by atoms with Gasteiger partial charge in [-0.05, 0) is 49.6 Å². The molecule has 0 spiro atoms. The van der Waals surface area contributed by atoms with E-state index in [2.05, 4.69) is 10.6 Å². The number of anilines is 2. The van der Waals surface area contributed by atoms with Gasteiger partial charge in [0, 0.05) is 29.9 Å². The lowest BCUT2D eigenvalue weighted by Gasteiger charge is -2.11. The minimum absolute atomic E-state index is 0.102. The van der Waals surface area contributed by atoms with Crippen LogP contribution in [0.3, 0.4) is 0 Å². The molecule has 0 atom stereocenters. The molecule has 24 heavy (non-hydrogen) atoms. The summed E-state index contributed by atoms with van der Waals surface area (Å²) in [5.74, 6) is -0.250. The second kappa shape index (κ2) is 8.15. The number of hydrogen-bond acceptors (Lipinski definition) is 3. The minimum Gasteiger partial charge on any atom is -0.399 e. The molecule has 0 bridgehead atoms. The maximum absolute atomic E-state index is 12.2. The van der Waals surface area contributed by atoms with E-state index in [1.165, 1.54) is 0 Å². The number of carbonyl (C=O) groups is 2. The monoisotopic (exact) mass is 325 g/mol. The number of nitrogens with two attached hydrogens (primary N) is 1. The SMILES string of the molecule is CCNC(=O)c1ccc(C)c(NC(=O)CCc2ccccc2N)c1. The summed E-state index contributed by atoms with van der Waals surface area (Å²) in [5, 5.41) is 5.63. The number of nitrogens with one attached hydrogen (secondary N) is 2. The van der Waals surface area contributed by atoms with Gasteiger partial charge in [0.1, 0.15) is 0 Å². The fraction of sp³-hybridized carbons (Fsp3) is 0.263. The first-order valence-electron chi connectivity index (χ1n) is 8.03. The number of hydrogen-bond donors (Lipinski definition) is 3. The third kappa shape index (κ3) is 4.59. The Hall–Kier alpha value is -2.82. The predicted octanol–water partition coefficient (Wildman–Crippen LogP) is 2.90. The van der Waals surface area contributed by atoms with E-state index in [-0.39, 0.29) is 11.8 Å². The molecule has 126 valence electrons. The summed E-state index contributed by atoms with van der Waals surface area (Å²) in [5.41, 5.74) is 9.64. The fourth-order valence-electron chi connectivity index (χ4n) is 2.38. The number of rotatable bonds is 6. The third-order valence-electron chi connectivity index (χ3n) is 3.79. The van der Waals surface area contributed by atoms with E-state index in [1.54, 1.807) is 12.1 Å². The highest BCUT2D eigenvalue weighted by Gasteiger charge is 2.10. The molecule has 0 saturated heterocycles. The summed E-state index contributed by atoms with van der Waals surface area (Å²) >= 11 is 0. The summed E-state index contributed by atoms with van der Waals surface area (Å²) in [6, 6.07) is 12.8. The molecule has 0 aromatic heterocycles. The number of para-hydroxylation sites is 1. The van der Waals surface area contributed by atoms with Crippen molar-refractivity contribution in [3.63, 3.8) is 0 Å². The fourth-order valence-corrected chi connectivity index (χ4v) is 2.38. The van der Waals surface area contributed by atoms with Gasteiger partial charge < -0.3 is 16.4 Å². The molecule has 0 saturated carbocycles. The molecule has 2 amide bonds. The van der Waals surface area contributed by atoms with Crippen LogP contribution in [0.2, 0.25) is 0 Å². The average Bonchev–Trinajstić information content (AvgIpc) is 2.56. The van der Waals surface area contributed by atoms with E-state index in [4.69, 9.17) is 5.73 Å². The second-order valence-electron chi connectivity index (χ2n) is 5.64. The molecule has 4 N–H and O–H groups in total. The van der Waals surface area contributed by atoms with Crippen molar-refractivity contribution in [3.8, 4) is 0 Å². The van der Waals surface area contributed by atoms with Gasteiger partial charge in [-0.3, -0.25) is 9.59 Å². The first kappa shape index (κ1) is 17.5. The number of amides is 2. The van der Waals surface area contributed by atoms with E-state index in [9.17, 15) is 9.59 Å². The molecule has 5 heteroatoms. The predicted molar refractivity (Wildman–Crippen MR) is 97.0 cm³/mol. The van der Waals surface area contributed by atoms with E-state index in [0.717, 1.165) is 11.1 Å². The molecule has 2 aromatic carbocycles. The first-order chi connectivity index (χ1) is 11.5. The summed E-state index contributed by atoms with van der Waals surface area (Å²) in [7, 11) is 0. The van der Waals surface area contributed by atoms with Gasteiger partial charge in [0.2, 0.25) is 5.91 Å². The van der Waals surface area contributed by atoms with Crippen molar-refractivity contribution in [1.29, 1.82) is 0 Å². The van der Waals surface area contributed by atoms with E-state index in [1.807, 2.05) is 44.2 Å². The molecule has 0 aliphatic heterocycles. The van der Waals surface area contributed by atoms with Crippen LogP contribution >= 0.6 is 0 Å². The Morgan fingerprint density at radius 1 is 1.12 bits per heavy atom. The average molecular weight is 325 g/mol. The molecular weight excluding hydrogens is 302 g/mol. The lowest BCUT2D eigenvalue weighted by Crippen LogP contribution is -2.23. The van der Waals surface area contributed by atoms with Gasteiger partial charge in [0.05, 0.1) is 0 Å². The molecule has 0 aliphatic rings. The van der Waals surface area contributed by atoms with Crippen molar-refractivity contribution in [2.75, 3.05) is 17.6 Å². The van der Waals surface area contributed by atoms with Crippen LogP contribution in [-0.2, 0) is 11.2 Å². The van der Waals surface area contributed by atoms with Crippen LogP contribution in [0.5, 0.6) is 0 Å². The van der Waals surface area contributed by atoms with Gasteiger partial charge in [-0.15, -0.1) is 0 Å². The van der Waals surface area contributed by atoms with Gasteiger partial charge >= 0.3 is 0 Å². The highest BCUT2D eigenvalue weighted by molar-refractivity contribution is 5.97. The standard InChI is InChI=1S/C19H23N3O2/c1-3-21-19(24)15-9-8-13(2)17(12-15)22-18(23)11-10-14-6-4-5-7-16(14)20/h4-9,12H,3,10-11,20H2,1-2H3,(H,21,24)(H,22,23). The Balaban J connectivity index is 2.02. The Kier molecular flexibility index (Phi) is 5.95. The van der Waals surface area contributed by atoms with Crippen molar-refractivity contribution < 1.29 is 9.59 Å². The Bertz CT molecular complexity index is 741. The molecule has 0 aliphatic carbocycles. The Morgan fingerprint density at radius 3 is 2.58 bits per heavy atom. The lowest BCUT2D eigenvalue weighted by molar-refractivity contribution is -0.116. The molecular formula is C19H23N3O2. The molecule has 2 aromatic rings. The van der Waals surface area contributed by atoms with Crippen molar-refractivity contribution in [2.45, 2.75) is 26.7 Å². The Labute approximate surface area is 142 Å². The van der Waals surface area contributed by atoms with Crippen LogP contribution in [0.4, 0.5) is 11.4 Å². The van der Waals surface area contributed by atoms with Crippen molar-refractivity contribution in [1.82, 2.24) is 5.32 Å². The van der Waals surface area contributed by atoms with E-state index >= 15 is 0 Å². The van der Waals surface area contributed by atoms with Gasteiger partial charge in [-0.2, -0.15) is 0 Å². The molecule has 0 heterocycles. The zero-order valence-electron chi connectivity index (χ0n) is 14.1. The van der Waals surface area contributed by atoms with Gasteiger partial charge in [-0.1, -0.05) is 24.3 Å². The topological polar surface area (TPSA) is 84.2 Å². The zero-order chi connectivity index (χ0) is 17.5. The van der Waals surface area contributed by atoms with Crippen LogP contribution in [-0.4, -0.2) is 18.4 Å². The molecule has 5 nitrogen and oxygen atoms in total. The molecule has 2 rings (SSSR count). The summed E-state index contributed by atoms with van der Waals surface area (Å²) in [6.07, 6.45) is 0.909. The summed E-state index contributed by atoms with van der Waals surface area (Å²) in [6.45, 7) is 4.32. The third-order valence-corrected chi connectivity index (χ3v) is 3.79. The summed E-state index contributed by atoms with van der Waals surface area (Å²) < 4.78 is 0. The van der Waals surface area contributed by atoms with Crippen molar-refractivity contribution in [3.05, 3.63) is 59.2 Å². The number of nitrogen functional groups attached to an aromatic ring is 1. The van der Waals surface area contributed by atoms with Crippen LogP contribution in [0.15, 0.2) is 42.5 Å². The molecule has 0 fully saturated rings. The van der Waals surface area contributed by atoms with Gasteiger partial charge in [0.15, 0.2) is 0 Å². The van der Waals surface area contributed by atoms with Crippen molar-refractivity contribution >= 4 is 23.2 Å². The zero-order valence-corrected chi connectivity index (χ0v) is 14.1. The van der Waals surface area contributed by atoms with E-state index < -0.39 is 0 Å². The highest BCUT2D eigenvalue weighted by Crippen LogP contribution is 2.18. The second-order valence-corrected chi connectivity index (χ2v) is 5.64. The largest absolute Gasteiger partial charge is 0.399 e. The number of benzene rings is 2. The van der Waals surface area contributed by atoms with E-state index in [0.29, 0.717) is 36.3 Å². The number of carbonyl (C=O) groups excluding carboxylic acids is 2.